The number of anilines is 1. The molecule has 102 valence electrons. The Hall–Kier alpha value is -2.00. The second-order valence-electron chi connectivity index (χ2n) is 4.11. The molecule has 0 radical (unpaired) electrons. The van der Waals surface area contributed by atoms with Crippen molar-refractivity contribution in [2.75, 3.05) is 5.73 Å². The summed E-state index contributed by atoms with van der Waals surface area (Å²) in [5.41, 5.74) is 7.90. The first-order chi connectivity index (χ1) is 9.47. The maximum absolute atomic E-state index is 11.1. The summed E-state index contributed by atoms with van der Waals surface area (Å²) in [6.07, 6.45) is 1.73. The van der Waals surface area contributed by atoms with Gasteiger partial charge in [0.1, 0.15) is 5.69 Å². The quantitative estimate of drug-likeness (QED) is 0.563. The molecule has 0 atom stereocenters. The van der Waals surface area contributed by atoms with E-state index in [0.29, 0.717) is 26.7 Å². The maximum atomic E-state index is 11.1. The van der Waals surface area contributed by atoms with Crippen molar-refractivity contribution in [1.29, 1.82) is 0 Å². The van der Waals surface area contributed by atoms with Crippen LogP contribution >= 0.6 is 27.3 Å². The molecule has 0 saturated heterocycles. The molecule has 0 aliphatic carbocycles. The van der Waals surface area contributed by atoms with Crippen molar-refractivity contribution in [2.24, 2.45) is 0 Å². The molecule has 9 heteroatoms. The number of hydrogen-bond donors (Lipinski definition) is 1. The predicted molar refractivity (Wildman–Crippen MR) is 79.8 cm³/mol. The number of nitro groups is 1. The molecule has 20 heavy (non-hydrogen) atoms. The van der Waals surface area contributed by atoms with Gasteiger partial charge in [0.05, 0.1) is 16.3 Å². The average molecular weight is 354 g/mol. The van der Waals surface area contributed by atoms with Crippen molar-refractivity contribution in [3.05, 3.63) is 37.9 Å². The monoisotopic (exact) mass is 353 g/mol. The number of nitrogens with zero attached hydrogens (tertiary/aromatic N) is 4. The third kappa shape index (κ3) is 1.95. The van der Waals surface area contributed by atoms with Gasteiger partial charge >= 0.3 is 5.69 Å². The zero-order valence-electron chi connectivity index (χ0n) is 10.2. The summed E-state index contributed by atoms with van der Waals surface area (Å²) in [7, 11) is 0. The number of nitrogen functional groups attached to an aromatic ring is 1. The Morgan fingerprint density at radius 1 is 1.50 bits per heavy atom. The van der Waals surface area contributed by atoms with Crippen molar-refractivity contribution in [3.8, 4) is 11.4 Å². The number of aryl methyl sites for hydroxylation is 1. The Morgan fingerprint density at radius 3 is 2.85 bits per heavy atom. The van der Waals surface area contributed by atoms with Gasteiger partial charge < -0.3 is 5.73 Å². The van der Waals surface area contributed by atoms with E-state index in [1.54, 1.807) is 22.9 Å². The van der Waals surface area contributed by atoms with E-state index in [1.807, 2.05) is 0 Å². The number of aromatic nitrogens is 3. The molecule has 0 saturated carbocycles. The number of imidazole rings is 1. The van der Waals surface area contributed by atoms with Crippen LogP contribution in [0.25, 0.3) is 17.0 Å². The van der Waals surface area contributed by atoms with Gasteiger partial charge in [-0.25, -0.2) is 9.97 Å². The Kier molecular flexibility index (Phi) is 2.94. The lowest BCUT2D eigenvalue weighted by atomic mass is 10.3. The van der Waals surface area contributed by atoms with Gasteiger partial charge in [0.25, 0.3) is 0 Å². The van der Waals surface area contributed by atoms with Crippen molar-refractivity contribution >= 4 is 43.7 Å². The minimum Gasteiger partial charge on any atom is -0.375 e. The average Bonchev–Trinajstić information content (AvgIpc) is 2.91. The summed E-state index contributed by atoms with van der Waals surface area (Å²) >= 11 is 4.59. The van der Waals surface area contributed by atoms with E-state index in [0.717, 1.165) is 0 Å². The van der Waals surface area contributed by atoms with Crippen molar-refractivity contribution < 1.29 is 4.92 Å². The first-order valence-corrected chi connectivity index (χ1v) is 7.18. The summed E-state index contributed by atoms with van der Waals surface area (Å²) in [6.45, 7) is 1.79. The van der Waals surface area contributed by atoms with Crippen LogP contribution in [0.2, 0.25) is 0 Å². The second kappa shape index (κ2) is 4.53. The molecular weight excluding hydrogens is 346 g/mol. The standard InChI is InChI=1S/C11H8BrN5O2S/c1-5-9(7-4-20-11(13)15-7)16-3-6(12)2-8(17(18)19)10(16)14-5/h2-4H,1H3,(H2,13,15). The van der Waals surface area contributed by atoms with E-state index in [4.69, 9.17) is 5.73 Å². The summed E-state index contributed by atoms with van der Waals surface area (Å²) in [5, 5.41) is 13.4. The highest BCUT2D eigenvalue weighted by Gasteiger charge is 2.21. The first kappa shape index (κ1) is 13.0. The third-order valence-corrected chi connectivity index (χ3v) is 3.91. The van der Waals surface area contributed by atoms with Crippen molar-refractivity contribution in [3.63, 3.8) is 0 Å². The molecule has 2 N–H and O–H groups in total. The molecule has 0 spiro atoms. The fraction of sp³-hybridized carbons (Fsp3) is 0.0909. The van der Waals surface area contributed by atoms with Gasteiger partial charge in [-0.1, -0.05) is 0 Å². The lowest BCUT2D eigenvalue weighted by Gasteiger charge is -2.01. The van der Waals surface area contributed by atoms with E-state index in [2.05, 4.69) is 25.9 Å². The molecule has 0 aliphatic rings. The molecule has 7 nitrogen and oxygen atoms in total. The van der Waals surface area contributed by atoms with E-state index >= 15 is 0 Å². The van der Waals surface area contributed by atoms with Crippen LogP contribution in [0.3, 0.4) is 0 Å². The molecule has 0 bridgehead atoms. The molecule has 3 aromatic rings. The minimum absolute atomic E-state index is 0.0584. The predicted octanol–water partition coefficient (Wildman–Crippen LogP) is 3.02. The molecule has 0 amide bonds. The van der Waals surface area contributed by atoms with E-state index in [1.165, 1.54) is 17.4 Å². The summed E-state index contributed by atoms with van der Waals surface area (Å²) in [6, 6.07) is 1.43. The fourth-order valence-electron chi connectivity index (χ4n) is 2.05. The molecule has 3 rings (SSSR count). The summed E-state index contributed by atoms with van der Waals surface area (Å²) in [5.74, 6) is 0. The van der Waals surface area contributed by atoms with Gasteiger partial charge in [0.2, 0.25) is 5.65 Å². The Labute approximate surface area is 125 Å². The fourth-order valence-corrected chi connectivity index (χ4v) is 3.02. The second-order valence-corrected chi connectivity index (χ2v) is 5.92. The smallest absolute Gasteiger partial charge is 0.313 e. The van der Waals surface area contributed by atoms with Crippen molar-refractivity contribution in [1.82, 2.24) is 14.4 Å². The Morgan fingerprint density at radius 2 is 2.25 bits per heavy atom. The number of fused-ring (bicyclic) bond motifs is 1. The largest absolute Gasteiger partial charge is 0.375 e. The molecule has 0 fully saturated rings. The van der Waals surface area contributed by atoms with E-state index < -0.39 is 4.92 Å². The van der Waals surface area contributed by atoms with Crippen LogP contribution in [-0.2, 0) is 0 Å². The summed E-state index contributed by atoms with van der Waals surface area (Å²) in [4.78, 5) is 19.2. The van der Waals surface area contributed by atoms with Gasteiger partial charge in [0.15, 0.2) is 5.13 Å². The molecule has 3 heterocycles. The normalized spacial score (nSPS) is 11.1. The third-order valence-electron chi connectivity index (χ3n) is 2.80. The summed E-state index contributed by atoms with van der Waals surface area (Å²) < 4.78 is 2.25. The number of thiazole rings is 1. The molecule has 0 unspecified atom stereocenters. The maximum Gasteiger partial charge on any atom is 0.313 e. The van der Waals surface area contributed by atoms with E-state index in [9.17, 15) is 10.1 Å². The minimum atomic E-state index is -0.453. The lowest BCUT2D eigenvalue weighted by molar-refractivity contribution is -0.383. The first-order valence-electron chi connectivity index (χ1n) is 5.51. The van der Waals surface area contributed by atoms with Crippen LogP contribution in [0.4, 0.5) is 10.8 Å². The number of hydrogen-bond acceptors (Lipinski definition) is 6. The van der Waals surface area contributed by atoms with Crippen LogP contribution in [0, 0.1) is 17.0 Å². The topological polar surface area (TPSA) is 99.3 Å². The van der Waals surface area contributed by atoms with Gasteiger partial charge in [0, 0.05) is 22.1 Å². The van der Waals surface area contributed by atoms with Crippen LogP contribution in [-0.4, -0.2) is 19.3 Å². The van der Waals surface area contributed by atoms with Crippen LogP contribution in [0.5, 0.6) is 0 Å². The van der Waals surface area contributed by atoms with Gasteiger partial charge in [-0.3, -0.25) is 14.5 Å². The lowest BCUT2D eigenvalue weighted by Crippen LogP contribution is -1.96. The SMILES string of the molecule is Cc1nc2c([N+](=O)[O-])cc(Br)cn2c1-c1csc(N)n1. The van der Waals surface area contributed by atoms with Crippen LogP contribution < -0.4 is 5.73 Å². The molecule has 0 aliphatic heterocycles. The number of pyridine rings is 1. The van der Waals surface area contributed by atoms with Gasteiger partial charge in [-0.15, -0.1) is 11.3 Å². The zero-order chi connectivity index (χ0) is 14.4. The highest BCUT2D eigenvalue weighted by Crippen LogP contribution is 2.32. The molecule has 0 aromatic carbocycles. The number of nitrogens with two attached hydrogens (primary N) is 1. The Bertz CT molecular complexity index is 841. The molecular formula is C11H8BrN5O2S. The number of halogens is 1. The van der Waals surface area contributed by atoms with Gasteiger partial charge in [-0.2, -0.15) is 0 Å². The zero-order valence-corrected chi connectivity index (χ0v) is 12.6. The van der Waals surface area contributed by atoms with Crippen LogP contribution in [0.1, 0.15) is 5.69 Å². The van der Waals surface area contributed by atoms with Crippen LogP contribution in [0.15, 0.2) is 22.1 Å². The van der Waals surface area contributed by atoms with Crippen molar-refractivity contribution in [2.45, 2.75) is 6.92 Å². The van der Waals surface area contributed by atoms with E-state index in [-0.39, 0.29) is 11.3 Å². The highest BCUT2D eigenvalue weighted by atomic mass is 79.9. The van der Waals surface area contributed by atoms with Gasteiger partial charge in [-0.05, 0) is 22.9 Å². The number of rotatable bonds is 2. The Balaban J connectivity index is 2.39. The highest BCUT2D eigenvalue weighted by molar-refractivity contribution is 9.10. The molecule has 3 aromatic heterocycles.